The summed E-state index contributed by atoms with van der Waals surface area (Å²) >= 11 is 0. The third kappa shape index (κ3) is 14.9. The zero-order chi connectivity index (χ0) is 34.6. The Balaban J connectivity index is 1.74. The Labute approximate surface area is 276 Å². The molecule has 0 amide bonds. The van der Waals surface area contributed by atoms with Crippen LogP contribution in [0, 0.1) is 0 Å². The van der Waals surface area contributed by atoms with Gasteiger partial charge in [0.25, 0.3) is 0 Å². The summed E-state index contributed by atoms with van der Waals surface area (Å²) < 4.78 is 32.8. The molecule has 270 valence electrons. The van der Waals surface area contributed by atoms with Crippen LogP contribution in [0.15, 0.2) is 48.6 Å². The number of carbonyl (C=O) groups excluding carboxylic acids is 1. The summed E-state index contributed by atoms with van der Waals surface area (Å²) in [6, 6.07) is 0. The standard InChI is InChI=1S/C33H54O14/c1-3-4-5-6-7-8-9-10-11-12-13-14-15-16-17-42-19-23(45-22(2)35)20-43-32-31(41)29(39)27(37)25(47-32)21-44-33-30(40)28(38)26(36)24(18-34)46-33/h4-5,7-8,10-11,13-14,23-34,36-41H,3,6,9,12,15-21H2,1-2H3/b5-4-,8-7-,11-10-,14-13-. The number of hydrogen-bond donors (Lipinski definition) is 7. The molecule has 11 unspecified atom stereocenters. The van der Waals surface area contributed by atoms with Crippen LogP contribution in [0.25, 0.3) is 0 Å². The number of rotatable bonds is 21. The normalized spacial score (nSPS) is 32.6. The summed E-state index contributed by atoms with van der Waals surface area (Å²) in [7, 11) is 0. The molecule has 7 N–H and O–H groups in total. The molecule has 0 bridgehead atoms. The first-order chi connectivity index (χ1) is 22.6. The van der Waals surface area contributed by atoms with E-state index in [-0.39, 0.29) is 13.2 Å². The van der Waals surface area contributed by atoms with E-state index in [2.05, 4.69) is 55.5 Å². The van der Waals surface area contributed by atoms with Crippen molar-refractivity contribution in [3.8, 4) is 0 Å². The van der Waals surface area contributed by atoms with E-state index in [9.17, 15) is 40.5 Å². The first-order valence-corrected chi connectivity index (χ1v) is 16.2. The van der Waals surface area contributed by atoms with Gasteiger partial charge in [-0.15, -0.1) is 0 Å². The molecule has 47 heavy (non-hydrogen) atoms. The number of unbranched alkanes of at least 4 members (excludes halogenated alkanes) is 1. The molecule has 2 heterocycles. The van der Waals surface area contributed by atoms with Gasteiger partial charge in [-0.1, -0.05) is 55.5 Å². The number of allylic oxidation sites excluding steroid dienone is 8. The van der Waals surface area contributed by atoms with Crippen LogP contribution >= 0.6 is 0 Å². The molecule has 0 aliphatic carbocycles. The molecule has 0 aromatic carbocycles. The number of esters is 1. The molecule has 2 aliphatic heterocycles. The van der Waals surface area contributed by atoms with Crippen molar-refractivity contribution in [1.82, 2.24) is 0 Å². The molecular weight excluding hydrogens is 620 g/mol. The van der Waals surface area contributed by atoms with Crippen molar-refractivity contribution >= 4 is 5.97 Å². The van der Waals surface area contributed by atoms with Gasteiger partial charge < -0.3 is 64.2 Å². The molecule has 0 saturated carbocycles. The fourth-order valence-corrected chi connectivity index (χ4v) is 4.76. The van der Waals surface area contributed by atoms with Crippen molar-refractivity contribution < 1.29 is 69.0 Å². The molecule has 14 heteroatoms. The van der Waals surface area contributed by atoms with Gasteiger partial charge >= 0.3 is 5.97 Å². The summed E-state index contributed by atoms with van der Waals surface area (Å²) in [5.41, 5.74) is 0. The van der Waals surface area contributed by atoms with Crippen LogP contribution in [-0.4, -0.2) is 142 Å². The lowest BCUT2D eigenvalue weighted by molar-refractivity contribution is -0.332. The van der Waals surface area contributed by atoms with E-state index in [0.717, 1.165) is 38.5 Å². The average molecular weight is 675 g/mol. The quantitative estimate of drug-likeness (QED) is 0.0491. The smallest absolute Gasteiger partial charge is 0.303 e. The predicted molar refractivity (Wildman–Crippen MR) is 169 cm³/mol. The van der Waals surface area contributed by atoms with Gasteiger partial charge in [0.1, 0.15) is 54.9 Å². The third-order valence-corrected chi connectivity index (χ3v) is 7.40. The van der Waals surface area contributed by atoms with Gasteiger partial charge in [-0.25, -0.2) is 0 Å². The Morgan fingerprint density at radius 2 is 1.23 bits per heavy atom. The van der Waals surface area contributed by atoms with Crippen molar-refractivity contribution in [1.29, 1.82) is 0 Å². The van der Waals surface area contributed by atoms with Crippen LogP contribution in [0.4, 0.5) is 0 Å². The van der Waals surface area contributed by atoms with Crippen LogP contribution in [0.2, 0.25) is 0 Å². The van der Waals surface area contributed by atoms with Crippen molar-refractivity contribution in [2.45, 2.75) is 120 Å². The minimum absolute atomic E-state index is 0.00538. The van der Waals surface area contributed by atoms with E-state index in [4.69, 9.17) is 28.4 Å². The van der Waals surface area contributed by atoms with Gasteiger partial charge in [-0.05, 0) is 38.5 Å². The van der Waals surface area contributed by atoms with E-state index in [1.165, 1.54) is 6.92 Å². The van der Waals surface area contributed by atoms with Gasteiger partial charge in [0.15, 0.2) is 12.6 Å². The fourth-order valence-electron chi connectivity index (χ4n) is 4.76. The lowest BCUT2D eigenvalue weighted by Crippen LogP contribution is -2.61. The Morgan fingerprint density at radius 1 is 0.702 bits per heavy atom. The van der Waals surface area contributed by atoms with Gasteiger partial charge in [-0.3, -0.25) is 4.79 Å². The Bertz CT molecular complexity index is 969. The molecule has 2 saturated heterocycles. The van der Waals surface area contributed by atoms with Gasteiger partial charge in [0.05, 0.1) is 26.4 Å². The zero-order valence-corrected chi connectivity index (χ0v) is 27.2. The largest absolute Gasteiger partial charge is 0.458 e. The van der Waals surface area contributed by atoms with Crippen molar-refractivity contribution in [3.05, 3.63) is 48.6 Å². The molecule has 14 nitrogen and oxygen atoms in total. The maximum Gasteiger partial charge on any atom is 0.303 e. The van der Waals surface area contributed by atoms with Crippen LogP contribution in [0.1, 0.15) is 52.4 Å². The number of aliphatic hydroxyl groups excluding tert-OH is 7. The number of hydrogen-bond acceptors (Lipinski definition) is 14. The molecule has 0 radical (unpaired) electrons. The van der Waals surface area contributed by atoms with E-state index < -0.39 is 86.7 Å². The van der Waals surface area contributed by atoms with Gasteiger partial charge in [0, 0.05) is 13.5 Å². The summed E-state index contributed by atoms with van der Waals surface area (Å²) in [6.07, 6.45) is 6.06. The van der Waals surface area contributed by atoms with Crippen molar-refractivity contribution in [2.75, 3.05) is 33.0 Å². The number of aliphatic hydroxyl groups is 7. The molecule has 2 aliphatic rings. The van der Waals surface area contributed by atoms with Gasteiger partial charge in [-0.2, -0.15) is 0 Å². The molecule has 11 atom stereocenters. The molecular formula is C33H54O14. The monoisotopic (exact) mass is 674 g/mol. The summed E-state index contributed by atoms with van der Waals surface area (Å²) in [4.78, 5) is 11.6. The maximum atomic E-state index is 11.6. The highest BCUT2D eigenvalue weighted by molar-refractivity contribution is 5.66. The van der Waals surface area contributed by atoms with Crippen LogP contribution < -0.4 is 0 Å². The Morgan fingerprint density at radius 3 is 1.81 bits per heavy atom. The minimum atomic E-state index is -1.71. The van der Waals surface area contributed by atoms with Gasteiger partial charge in [0.2, 0.25) is 0 Å². The molecule has 2 rings (SSSR count). The Hall–Kier alpha value is -2.05. The lowest BCUT2D eigenvalue weighted by Gasteiger charge is -2.42. The molecule has 0 aromatic rings. The summed E-state index contributed by atoms with van der Waals surface area (Å²) in [5.74, 6) is -0.576. The summed E-state index contributed by atoms with van der Waals surface area (Å²) in [5, 5.41) is 70.6. The second kappa shape index (κ2) is 23.3. The first-order valence-electron chi connectivity index (χ1n) is 16.2. The highest BCUT2D eigenvalue weighted by Gasteiger charge is 2.47. The molecule has 0 spiro atoms. The Kier molecular flexibility index (Phi) is 20.4. The first kappa shape index (κ1) is 41.1. The predicted octanol–water partition coefficient (Wildman–Crippen LogP) is 0.161. The van der Waals surface area contributed by atoms with Crippen LogP contribution in [0.3, 0.4) is 0 Å². The van der Waals surface area contributed by atoms with Crippen molar-refractivity contribution in [2.24, 2.45) is 0 Å². The van der Waals surface area contributed by atoms with E-state index in [1.807, 2.05) is 0 Å². The fraction of sp³-hybridized carbons (Fsp3) is 0.727. The minimum Gasteiger partial charge on any atom is -0.458 e. The van der Waals surface area contributed by atoms with Crippen molar-refractivity contribution in [3.63, 3.8) is 0 Å². The van der Waals surface area contributed by atoms with Crippen LogP contribution in [-0.2, 0) is 33.2 Å². The number of carbonyl (C=O) groups is 1. The SMILES string of the molecule is CC/C=C\C/C=C\C/C=C\C/C=C\CCCOCC(COC1OC(COC2OC(CO)C(O)C(O)C2O)C(O)C(O)C1O)OC(C)=O. The maximum absolute atomic E-state index is 11.6. The summed E-state index contributed by atoms with van der Waals surface area (Å²) in [6.45, 7) is 2.33. The highest BCUT2D eigenvalue weighted by atomic mass is 16.7. The second-order valence-electron chi connectivity index (χ2n) is 11.3. The lowest BCUT2D eigenvalue weighted by atomic mass is 9.98. The van der Waals surface area contributed by atoms with E-state index in [0.29, 0.717) is 6.61 Å². The second-order valence-corrected chi connectivity index (χ2v) is 11.3. The third-order valence-electron chi connectivity index (χ3n) is 7.40. The van der Waals surface area contributed by atoms with E-state index in [1.54, 1.807) is 0 Å². The molecule has 0 aromatic heterocycles. The molecule has 2 fully saturated rings. The highest BCUT2D eigenvalue weighted by Crippen LogP contribution is 2.26. The number of ether oxygens (including phenoxy) is 6. The average Bonchev–Trinajstić information content (AvgIpc) is 3.05. The van der Waals surface area contributed by atoms with E-state index >= 15 is 0 Å². The topological polar surface area (TPSA) is 214 Å². The van der Waals surface area contributed by atoms with Crippen LogP contribution in [0.5, 0.6) is 0 Å². The zero-order valence-electron chi connectivity index (χ0n) is 27.2.